The zero-order chi connectivity index (χ0) is 15.9. The summed E-state index contributed by atoms with van der Waals surface area (Å²) >= 11 is 0. The van der Waals surface area contributed by atoms with Crippen molar-refractivity contribution in [1.82, 2.24) is 4.98 Å². The highest BCUT2D eigenvalue weighted by Gasteiger charge is 2.38. The van der Waals surface area contributed by atoms with Crippen LogP contribution >= 0.6 is 0 Å². The van der Waals surface area contributed by atoms with Crippen LogP contribution in [0.25, 0.3) is 10.8 Å². The molecule has 1 aromatic carbocycles. The van der Waals surface area contributed by atoms with Crippen molar-refractivity contribution < 1.29 is 8.42 Å². The molecule has 2 heterocycles. The predicted molar refractivity (Wildman–Crippen MR) is 86.5 cm³/mol. The second kappa shape index (κ2) is 5.25. The minimum atomic E-state index is -2.97. The molecule has 1 aromatic heterocycles. The van der Waals surface area contributed by atoms with Crippen LogP contribution in [0.1, 0.15) is 12.5 Å². The lowest BCUT2D eigenvalue weighted by atomic mass is 9.91. The normalized spacial score (nSPS) is 21.4. The Labute approximate surface area is 130 Å². The third-order valence-electron chi connectivity index (χ3n) is 4.27. The number of rotatable bonds is 3. The van der Waals surface area contributed by atoms with E-state index in [0.29, 0.717) is 12.1 Å². The molecule has 0 aliphatic carbocycles. The van der Waals surface area contributed by atoms with Gasteiger partial charge in [-0.05, 0) is 30.5 Å². The number of nitriles is 1. The van der Waals surface area contributed by atoms with E-state index in [4.69, 9.17) is 5.26 Å². The summed E-state index contributed by atoms with van der Waals surface area (Å²) < 4.78 is 22.9. The summed E-state index contributed by atoms with van der Waals surface area (Å²) in [7, 11) is -2.97. The SMILES string of the molecule is C[C@@H]1[C@@H](CS(C)(=O)=O)CN1c1nccc2ccc(C#N)cc12. The van der Waals surface area contributed by atoms with Gasteiger partial charge in [0.15, 0.2) is 0 Å². The number of sulfone groups is 1. The molecule has 0 radical (unpaired) electrons. The van der Waals surface area contributed by atoms with Crippen molar-refractivity contribution >= 4 is 26.4 Å². The summed E-state index contributed by atoms with van der Waals surface area (Å²) in [6.07, 6.45) is 3.03. The monoisotopic (exact) mass is 315 g/mol. The smallest absolute Gasteiger partial charge is 0.147 e. The maximum atomic E-state index is 11.4. The number of aromatic nitrogens is 1. The van der Waals surface area contributed by atoms with E-state index in [9.17, 15) is 8.42 Å². The lowest BCUT2D eigenvalue weighted by molar-refractivity contribution is 0.339. The first kappa shape index (κ1) is 14.8. The first-order valence-electron chi connectivity index (χ1n) is 7.12. The number of fused-ring (bicyclic) bond motifs is 1. The molecule has 6 heteroatoms. The molecule has 2 atom stereocenters. The summed E-state index contributed by atoms with van der Waals surface area (Å²) in [5, 5.41) is 11.0. The molecule has 0 saturated carbocycles. The van der Waals surface area contributed by atoms with E-state index in [1.54, 1.807) is 12.3 Å². The lowest BCUT2D eigenvalue weighted by Crippen LogP contribution is -2.57. The van der Waals surface area contributed by atoms with Gasteiger partial charge in [-0.1, -0.05) is 6.07 Å². The minimum absolute atomic E-state index is 0.124. The Bertz CT molecular complexity index is 871. The van der Waals surface area contributed by atoms with Crippen LogP contribution in [0.3, 0.4) is 0 Å². The van der Waals surface area contributed by atoms with Crippen LogP contribution < -0.4 is 4.90 Å². The van der Waals surface area contributed by atoms with Crippen LogP contribution in [0.4, 0.5) is 5.82 Å². The molecule has 1 saturated heterocycles. The molecule has 0 unspecified atom stereocenters. The minimum Gasteiger partial charge on any atom is -0.353 e. The molecule has 1 aliphatic rings. The van der Waals surface area contributed by atoms with Gasteiger partial charge >= 0.3 is 0 Å². The molecule has 0 amide bonds. The van der Waals surface area contributed by atoms with E-state index in [1.165, 1.54) is 6.26 Å². The van der Waals surface area contributed by atoms with Crippen LogP contribution in [0.2, 0.25) is 0 Å². The fourth-order valence-electron chi connectivity index (χ4n) is 3.00. The lowest BCUT2D eigenvalue weighted by Gasteiger charge is -2.47. The average Bonchev–Trinajstić information content (AvgIpc) is 2.49. The average molecular weight is 315 g/mol. The largest absolute Gasteiger partial charge is 0.353 e. The van der Waals surface area contributed by atoms with E-state index in [2.05, 4.69) is 16.0 Å². The van der Waals surface area contributed by atoms with Gasteiger partial charge in [-0.2, -0.15) is 5.26 Å². The highest BCUT2D eigenvalue weighted by atomic mass is 32.2. The third kappa shape index (κ3) is 2.64. The molecule has 0 N–H and O–H groups in total. The molecule has 3 rings (SSSR count). The number of hydrogen-bond donors (Lipinski definition) is 0. The molecule has 0 bridgehead atoms. The Morgan fingerprint density at radius 3 is 2.82 bits per heavy atom. The highest BCUT2D eigenvalue weighted by Crippen LogP contribution is 2.35. The Kier molecular flexibility index (Phi) is 3.53. The van der Waals surface area contributed by atoms with Crippen LogP contribution in [0, 0.1) is 17.2 Å². The van der Waals surface area contributed by atoms with Gasteiger partial charge < -0.3 is 4.90 Å². The summed E-state index contributed by atoms with van der Waals surface area (Å²) in [5.74, 6) is 1.16. The first-order chi connectivity index (χ1) is 10.4. The Hall–Kier alpha value is -2.13. The Morgan fingerprint density at radius 1 is 1.41 bits per heavy atom. The topological polar surface area (TPSA) is 74.1 Å². The summed E-state index contributed by atoms with van der Waals surface area (Å²) in [6.45, 7) is 2.70. The van der Waals surface area contributed by atoms with Crippen LogP contribution in [0.15, 0.2) is 30.5 Å². The molecule has 1 fully saturated rings. The third-order valence-corrected chi connectivity index (χ3v) is 5.30. The Morgan fingerprint density at radius 2 is 2.18 bits per heavy atom. The fourth-order valence-corrected chi connectivity index (χ4v) is 4.16. The molecular formula is C16H17N3O2S. The maximum Gasteiger partial charge on any atom is 0.147 e. The first-order valence-corrected chi connectivity index (χ1v) is 9.18. The van der Waals surface area contributed by atoms with Gasteiger partial charge in [0, 0.05) is 36.3 Å². The molecular weight excluding hydrogens is 298 g/mol. The van der Waals surface area contributed by atoms with Crippen molar-refractivity contribution in [2.45, 2.75) is 13.0 Å². The van der Waals surface area contributed by atoms with Crippen LogP contribution in [0.5, 0.6) is 0 Å². The van der Waals surface area contributed by atoms with Crippen LogP contribution in [-0.2, 0) is 9.84 Å². The second-order valence-corrected chi connectivity index (χ2v) is 8.11. The second-order valence-electron chi connectivity index (χ2n) is 5.93. The van der Waals surface area contributed by atoms with Gasteiger partial charge in [0.05, 0.1) is 17.4 Å². The maximum absolute atomic E-state index is 11.4. The summed E-state index contributed by atoms with van der Waals surface area (Å²) in [5.41, 5.74) is 0.600. The van der Waals surface area contributed by atoms with Gasteiger partial charge in [-0.15, -0.1) is 0 Å². The van der Waals surface area contributed by atoms with Gasteiger partial charge in [-0.25, -0.2) is 13.4 Å². The zero-order valence-corrected chi connectivity index (χ0v) is 13.3. The van der Waals surface area contributed by atoms with E-state index in [-0.39, 0.29) is 17.7 Å². The number of hydrogen-bond acceptors (Lipinski definition) is 5. The van der Waals surface area contributed by atoms with Gasteiger partial charge in [0.25, 0.3) is 0 Å². The summed E-state index contributed by atoms with van der Waals surface area (Å²) in [6, 6.07) is 9.73. The molecule has 22 heavy (non-hydrogen) atoms. The standard InChI is InChI=1S/C16H17N3O2S/c1-11-14(10-22(2,20)21)9-19(11)16-15-7-12(8-17)3-4-13(15)5-6-18-16/h3-7,11,14H,9-10H2,1-2H3/t11-,14-/m1/s1. The van der Waals surface area contributed by atoms with E-state index < -0.39 is 9.84 Å². The molecule has 0 spiro atoms. The number of anilines is 1. The predicted octanol–water partition coefficient (Wildman–Crippen LogP) is 1.98. The molecule has 5 nitrogen and oxygen atoms in total. The molecule has 2 aromatic rings. The quantitative estimate of drug-likeness (QED) is 0.866. The van der Waals surface area contributed by atoms with Crippen molar-refractivity contribution in [3.05, 3.63) is 36.0 Å². The molecule has 114 valence electrons. The van der Waals surface area contributed by atoms with Gasteiger partial charge in [-0.3, -0.25) is 0 Å². The zero-order valence-electron chi connectivity index (χ0n) is 12.5. The van der Waals surface area contributed by atoms with Crippen molar-refractivity contribution in [2.75, 3.05) is 23.5 Å². The van der Waals surface area contributed by atoms with E-state index >= 15 is 0 Å². The van der Waals surface area contributed by atoms with Crippen molar-refractivity contribution in [1.29, 1.82) is 5.26 Å². The van der Waals surface area contributed by atoms with Gasteiger partial charge in [0.2, 0.25) is 0 Å². The van der Waals surface area contributed by atoms with Crippen molar-refractivity contribution in [2.24, 2.45) is 5.92 Å². The highest BCUT2D eigenvalue weighted by molar-refractivity contribution is 7.90. The molecule has 1 aliphatic heterocycles. The number of nitrogens with zero attached hydrogens (tertiary/aromatic N) is 3. The van der Waals surface area contributed by atoms with E-state index in [0.717, 1.165) is 16.6 Å². The van der Waals surface area contributed by atoms with Crippen molar-refractivity contribution in [3.63, 3.8) is 0 Å². The number of benzene rings is 1. The van der Waals surface area contributed by atoms with Gasteiger partial charge in [0.1, 0.15) is 15.7 Å². The summed E-state index contributed by atoms with van der Waals surface area (Å²) in [4.78, 5) is 6.56. The Balaban J connectivity index is 1.94. The van der Waals surface area contributed by atoms with E-state index in [1.807, 2.05) is 25.1 Å². The van der Waals surface area contributed by atoms with Crippen LogP contribution in [-0.4, -0.2) is 38.0 Å². The number of pyridine rings is 1. The van der Waals surface area contributed by atoms with Crippen molar-refractivity contribution in [3.8, 4) is 6.07 Å². The fraction of sp³-hybridized carbons (Fsp3) is 0.375.